The van der Waals surface area contributed by atoms with Crippen molar-refractivity contribution in [1.29, 1.82) is 0 Å². The minimum atomic E-state index is -3.57. The molecule has 2 fully saturated rings. The van der Waals surface area contributed by atoms with E-state index in [2.05, 4.69) is 32.7 Å². The first-order chi connectivity index (χ1) is 15.4. The third kappa shape index (κ3) is 2.69. The molecular formula is C24H26N4O3S. The van der Waals surface area contributed by atoms with Crippen LogP contribution in [0.15, 0.2) is 60.1 Å². The SMILES string of the molecule is Cc1ccncc1S(=O)(=O)N1CCC2(CC1)C[C@@H](C1c3ccccc3-c3cncn31)[C@H]2O. The van der Waals surface area contributed by atoms with Crippen LogP contribution in [-0.4, -0.2) is 51.6 Å². The van der Waals surface area contributed by atoms with E-state index in [1.54, 1.807) is 23.5 Å². The minimum absolute atomic E-state index is 0.0872. The van der Waals surface area contributed by atoms with E-state index in [-0.39, 0.29) is 22.3 Å². The van der Waals surface area contributed by atoms with Crippen LogP contribution in [0, 0.1) is 18.3 Å². The Morgan fingerprint density at radius 1 is 1.09 bits per heavy atom. The fourth-order valence-corrected chi connectivity index (χ4v) is 7.73. The summed E-state index contributed by atoms with van der Waals surface area (Å²) < 4.78 is 30.0. The number of piperidine rings is 1. The molecule has 1 saturated heterocycles. The Morgan fingerprint density at radius 3 is 2.62 bits per heavy atom. The number of hydrogen-bond acceptors (Lipinski definition) is 5. The van der Waals surface area contributed by atoms with Crippen molar-refractivity contribution in [2.45, 2.75) is 43.2 Å². The summed E-state index contributed by atoms with van der Waals surface area (Å²) in [7, 11) is -3.57. The van der Waals surface area contributed by atoms with Gasteiger partial charge in [-0.25, -0.2) is 13.4 Å². The highest BCUT2D eigenvalue weighted by molar-refractivity contribution is 7.89. The van der Waals surface area contributed by atoms with Crippen molar-refractivity contribution in [2.75, 3.05) is 13.1 Å². The van der Waals surface area contributed by atoms with Crippen molar-refractivity contribution >= 4 is 10.0 Å². The number of hydrogen-bond donors (Lipinski definition) is 1. The number of imidazole rings is 1. The van der Waals surface area contributed by atoms with Crippen LogP contribution in [0.25, 0.3) is 11.3 Å². The first-order valence-electron chi connectivity index (χ1n) is 11.1. The number of benzene rings is 1. The van der Waals surface area contributed by atoms with Gasteiger partial charge in [0.25, 0.3) is 0 Å². The Labute approximate surface area is 187 Å². The van der Waals surface area contributed by atoms with Crippen molar-refractivity contribution in [2.24, 2.45) is 11.3 Å². The molecule has 0 radical (unpaired) electrons. The largest absolute Gasteiger partial charge is 0.392 e. The first kappa shape index (κ1) is 20.1. The zero-order chi connectivity index (χ0) is 22.1. The van der Waals surface area contributed by atoms with Gasteiger partial charge in [-0.15, -0.1) is 0 Å². The van der Waals surface area contributed by atoms with Crippen LogP contribution in [0.2, 0.25) is 0 Å². The summed E-state index contributed by atoms with van der Waals surface area (Å²) in [5, 5.41) is 11.4. The molecule has 3 aromatic rings. The maximum Gasteiger partial charge on any atom is 0.244 e. The highest BCUT2D eigenvalue weighted by Crippen LogP contribution is 2.59. The molecule has 1 aliphatic carbocycles. The number of aromatic nitrogens is 3. The van der Waals surface area contributed by atoms with Crippen molar-refractivity contribution in [3.8, 4) is 11.3 Å². The highest BCUT2D eigenvalue weighted by atomic mass is 32.2. The van der Waals surface area contributed by atoms with Crippen molar-refractivity contribution in [1.82, 2.24) is 18.8 Å². The van der Waals surface area contributed by atoms with E-state index in [0.29, 0.717) is 31.5 Å². The van der Waals surface area contributed by atoms with Gasteiger partial charge >= 0.3 is 0 Å². The van der Waals surface area contributed by atoms with Crippen LogP contribution in [0.3, 0.4) is 0 Å². The van der Waals surface area contributed by atoms with Gasteiger partial charge in [0.15, 0.2) is 0 Å². The van der Waals surface area contributed by atoms with Crippen LogP contribution < -0.4 is 0 Å². The summed E-state index contributed by atoms with van der Waals surface area (Å²) in [6.45, 7) is 2.65. The standard InChI is InChI=1S/C24H26N4O3S/c1-16-6-9-25-14-21(16)32(30,31)27-10-7-24(8-11-27)12-19(23(24)29)22-18-5-3-2-4-17(18)20-13-26-15-28(20)22/h2-6,9,13-15,19,22-23,29H,7-8,10-12H2,1H3/t19-,22?,23+/m0/s1. The summed E-state index contributed by atoms with van der Waals surface area (Å²) in [6.07, 6.45) is 8.58. The van der Waals surface area contributed by atoms with Gasteiger partial charge in [0.1, 0.15) is 4.90 Å². The molecule has 7 nitrogen and oxygen atoms in total. The van der Waals surface area contributed by atoms with E-state index in [9.17, 15) is 13.5 Å². The molecule has 32 heavy (non-hydrogen) atoms. The van der Waals surface area contributed by atoms with E-state index >= 15 is 0 Å². The molecule has 3 atom stereocenters. The molecule has 0 amide bonds. The van der Waals surface area contributed by atoms with Gasteiger partial charge in [-0.1, -0.05) is 24.3 Å². The normalized spacial score (nSPS) is 26.5. The molecule has 6 rings (SSSR count). The minimum Gasteiger partial charge on any atom is -0.392 e. The number of fused-ring (bicyclic) bond motifs is 3. The van der Waals surface area contributed by atoms with Crippen LogP contribution in [-0.2, 0) is 10.0 Å². The second kappa shape index (κ2) is 6.97. The van der Waals surface area contributed by atoms with Gasteiger partial charge in [-0.05, 0) is 48.8 Å². The Bertz CT molecular complexity index is 1290. The van der Waals surface area contributed by atoms with Gasteiger partial charge < -0.3 is 9.67 Å². The summed E-state index contributed by atoms with van der Waals surface area (Å²) in [4.78, 5) is 8.62. The molecule has 2 aromatic heterocycles. The van der Waals surface area contributed by atoms with Crippen LogP contribution in [0.4, 0.5) is 0 Å². The number of nitrogens with zero attached hydrogens (tertiary/aromatic N) is 4. The van der Waals surface area contributed by atoms with Gasteiger partial charge in [0, 0.05) is 37.0 Å². The smallest absolute Gasteiger partial charge is 0.244 e. The number of aliphatic hydroxyl groups excluding tert-OH is 1. The molecule has 1 saturated carbocycles. The predicted molar refractivity (Wildman–Crippen MR) is 119 cm³/mol. The molecule has 1 aromatic carbocycles. The summed E-state index contributed by atoms with van der Waals surface area (Å²) in [6, 6.07) is 10.2. The number of aryl methyl sites for hydroxylation is 1. The van der Waals surface area contributed by atoms with Crippen LogP contribution >= 0.6 is 0 Å². The second-order valence-electron chi connectivity index (χ2n) is 9.44. The lowest BCUT2D eigenvalue weighted by Crippen LogP contribution is -2.59. The zero-order valence-corrected chi connectivity index (χ0v) is 18.7. The van der Waals surface area contributed by atoms with Gasteiger partial charge in [-0.3, -0.25) is 4.98 Å². The van der Waals surface area contributed by atoms with Crippen LogP contribution in [0.1, 0.15) is 36.4 Å². The predicted octanol–water partition coefficient (Wildman–Crippen LogP) is 3.01. The summed E-state index contributed by atoms with van der Waals surface area (Å²) >= 11 is 0. The van der Waals surface area contributed by atoms with Crippen LogP contribution in [0.5, 0.6) is 0 Å². The molecule has 1 spiro atoms. The Balaban J connectivity index is 1.21. The fourth-order valence-electron chi connectivity index (χ4n) is 6.12. The molecule has 3 aliphatic rings. The highest BCUT2D eigenvalue weighted by Gasteiger charge is 2.58. The maximum absolute atomic E-state index is 13.1. The molecule has 1 unspecified atom stereocenters. The lowest BCUT2D eigenvalue weighted by molar-refractivity contribution is -0.152. The van der Waals surface area contributed by atoms with Gasteiger partial charge in [0.2, 0.25) is 10.0 Å². The van der Waals surface area contributed by atoms with Crippen molar-refractivity contribution in [3.63, 3.8) is 0 Å². The Morgan fingerprint density at radius 2 is 1.88 bits per heavy atom. The third-order valence-corrected chi connectivity index (χ3v) is 9.96. The number of sulfonamides is 1. The average molecular weight is 451 g/mol. The third-order valence-electron chi connectivity index (χ3n) is 7.93. The molecular weight excluding hydrogens is 424 g/mol. The quantitative estimate of drug-likeness (QED) is 0.663. The number of rotatable bonds is 3. The number of aliphatic hydroxyl groups is 1. The van der Waals surface area contributed by atoms with E-state index < -0.39 is 16.1 Å². The van der Waals surface area contributed by atoms with E-state index in [0.717, 1.165) is 12.1 Å². The molecule has 166 valence electrons. The monoisotopic (exact) mass is 450 g/mol. The van der Waals surface area contributed by atoms with Gasteiger partial charge in [-0.2, -0.15) is 4.31 Å². The van der Waals surface area contributed by atoms with Gasteiger partial charge in [0.05, 0.1) is 30.4 Å². The number of pyridine rings is 1. The Kier molecular flexibility index (Phi) is 4.38. The first-order valence-corrected chi connectivity index (χ1v) is 12.6. The zero-order valence-electron chi connectivity index (χ0n) is 17.9. The lowest BCUT2D eigenvalue weighted by atomic mass is 9.53. The Hall–Kier alpha value is -2.55. The molecule has 4 heterocycles. The molecule has 8 heteroatoms. The molecule has 2 aliphatic heterocycles. The average Bonchev–Trinajstić information content (AvgIpc) is 3.39. The topological polar surface area (TPSA) is 88.3 Å². The maximum atomic E-state index is 13.1. The molecule has 1 N–H and O–H groups in total. The van der Waals surface area contributed by atoms with Crippen molar-refractivity contribution < 1.29 is 13.5 Å². The van der Waals surface area contributed by atoms with E-state index in [4.69, 9.17) is 0 Å². The summed E-state index contributed by atoms with van der Waals surface area (Å²) in [5.74, 6) is 0.107. The van der Waals surface area contributed by atoms with E-state index in [1.807, 2.05) is 18.6 Å². The lowest BCUT2D eigenvalue weighted by Gasteiger charge is -2.57. The van der Waals surface area contributed by atoms with Crippen molar-refractivity contribution in [3.05, 3.63) is 66.4 Å². The van der Waals surface area contributed by atoms with E-state index in [1.165, 1.54) is 17.3 Å². The fraction of sp³-hybridized carbons (Fsp3) is 0.417. The molecule has 0 bridgehead atoms. The summed E-state index contributed by atoms with van der Waals surface area (Å²) in [5.41, 5.74) is 4.04. The second-order valence-corrected chi connectivity index (χ2v) is 11.3.